The van der Waals surface area contributed by atoms with Crippen molar-refractivity contribution in [3.63, 3.8) is 0 Å². The molecule has 1 fully saturated rings. The highest BCUT2D eigenvalue weighted by Gasteiger charge is 2.26. The summed E-state index contributed by atoms with van der Waals surface area (Å²) in [6, 6.07) is 5.11. The Labute approximate surface area is 94.0 Å². The Morgan fingerprint density at radius 3 is 2.88 bits per heavy atom. The number of nitrogens with zero attached hydrogens (tertiary/aromatic N) is 2. The van der Waals surface area contributed by atoms with E-state index in [1.165, 1.54) is 0 Å². The summed E-state index contributed by atoms with van der Waals surface area (Å²) >= 11 is 0. The molecule has 1 heterocycles. The van der Waals surface area contributed by atoms with Gasteiger partial charge in [-0.1, -0.05) is 13.0 Å². The molecule has 5 nitrogen and oxygen atoms in total. The smallest absolute Gasteiger partial charge is 0.315 e. The van der Waals surface area contributed by atoms with Gasteiger partial charge in [-0.05, 0) is 24.5 Å². The second-order valence-corrected chi connectivity index (χ2v) is 4.31. The first-order valence-corrected chi connectivity index (χ1v) is 5.37. The van der Waals surface area contributed by atoms with Gasteiger partial charge in [0.25, 0.3) is 0 Å². The average molecular weight is 221 g/mol. The minimum Gasteiger partial charge on any atom is -0.393 e. The van der Waals surface area contributed by atoms with Crippen molar-refractivity contribution in [1.82, 2.24) is 0 Å². The Hall–Kier alpha value is -1.78. The van der Waals surface area contributed by atoms with Crippen LogP contribution >= 0.6 is 0 Å². The molecular formula is C11H15N3O2. The third-order valence-electron chi connectivity index (χ3n) is 2.99. The standard InChI is InChI=1S/C11H15N3O2/c1-8-5-6-13(7-8)10-4-2-3-9(12)11(10)14(15)16/h2-4,8H,5-7,12H2,1H3. The molecule has 2 N–H and O–H groups in total. The third kappa shape index (κ3) is 1.80. The highest BCUT2D eigenvalue weighted by atomic mass is 16.6. The molecule has 0 bridgehead atoms. The Morgan fingerprint density at radius 2 is 2.31 bits per heavy atom. The summed E-state index contributed by atoms with van der Waals surface area (Å²) in [5.74, 6) is 0.584. The number of anilines is 2. The number of nitro benzene ring substituents is 1. The summed E-state index contributed by atoms with van der Waals surface area (Å²) in [5, 5.41) is 11.0. The van der Waals surface area contributed by atoms with Gasteiger partial charge >= 0.3 is 5.69 Å². The van der Waals surface area contributed by atoms with Gasteiger partial charge < -0.3 is 10.6 Å². The van der Waals surface area contributed by atoms with Crippen LogP contribution in [0.4, 0.5) is 17.1 Å². The Morgan fingerprint density at radius 1 is 1.56 bits per heavy atom. The van der Waals surface area contributed by atoms with Crippen LogP contribution in [0.15, 0.2) is 18.2 Å². The number of nitrogens with two attached hydrogens (primary N) is 1. The van der Waals surface area contributed by atoms with E-state index in [9.17, 15) is 10.1 Å². The Bertz CT molecular complexity index is 420. The van der Waals surface area contributed by atoms with Crippen LogP contribution in [0.1, 0.15) is 13.3 Å². The maximum absolute atomic E-state index is 11.0. The predicted octanol–water partition coefficient (Wildman–Crippen LogP) is 2.02. The molecule has 1 aliphatic rings. The molecule has 0 aliphatic carbocycles. The van der Waals surface area contributed by atoms with Crippen molar-refractivity contribution in [1.29, 1.82) is 0 Å². The fourth-order valence-electron chi connectivity index (χ4n) is 2.16. The molecule has 1 aromatic carbocycles. The molecule has 0 spiro atoms. The molecule has 0 saturated carbocycles. The summed E-state index contributed by atoms with van der Waals surface area (Å²) in [6.07, 6.45) is 1.08. The number of para-hydroxylation sites is 1. The summed E-state index contributed by atoms with van der Waals surface area (Å²) in [4.78, 5) is 12.6. The molecule has 86 valence electrons. The van der Waals surface area contributed by atoms with E-state index >= 15 is 0 Å². The highest BCUT2D eigenvalue weighted by Crippen LogP contribution is 2.35. The van der Waals surface area contributed by atoms with E-state index in [0.29, 0.717) is 11.6 Å². The lowest BCUT2D eigenvalue weighted by molar-refractivity contribution is -0.383. The van der Waals surface area contributed by atoms with Gasteiger partial charge in [-0.2, -0.15) is 0 Å². The summed E-state index contributed by atoms with van der Waals surface area (Å²) in [7, 11) is 0. The molecule has 16 heavy (non-hydrogen) atoms. The van der Waals surface area contributed by atoms with Gasteiger partial charge in [0.15, 0.2) is 0 Å². The largest absolute Gasteiger partial charge is 0.393 e. The fourth-order valence-corrected chi connectivity index (χ4v) is 2.16. The summed E-state index contributed by atoms with van der Waals surface area (Å²) < 4.78 is 0. The maximum atomic E-state index is 11.0. The predicted molar refractivity (Wildman–Crippen MR) is 63.5 cm³/mol. The van der Waals surface area contributed by atoms with Crippen LogP contribution in [0.3, 0.4) is 0 Å². The van der Waals surface area contributed by atoms with Crippen LogP contribution in [-0.2, 0) is 0 Å². The average Bonchev–Trinajstić information content (AvgIpc) is 2.63. The van der Waals surface area contributed by atoms with Gasteiger partial charge in [0.2, 0.25) is 0 Å². The molecule has 0 aromatic heterocycles. The monoisotopic (exact) mass is 221 g/mol. The van der Waals surface area contributed by atoms with E-state index < -0.39 is 4.92 Å². The van der Waals surface area contributed by atoms with E-state index in [1.807, 2.05) is 4.90 Å². The van der Waals surface area contributed by atoms with Gasteiger partial charge in [0.1, 0.15) is 11.4 Å². The van der Waals surface area contributed by atoms with Crippen LogP contribution < -0.4 is 10.6 Å². The van der Waals surface area contributed by atoms with Gasteiger partial charge in [-0.3, -0.25) is 10.1 Å². The quantitative estimate of drug-likeness (QED) is 0.471. The number of nitrogen functional groups attached to an aromatic ring is 1. The van der Waals surface area contributed by atoms with E-state index in [1.54, 1.807) is 18.2 Å². The van der Waals surface area contributed by atoms with Gasteiger partial charge in [-0.15, -0.1) is 0 Å². The molecule has 0 amide bonds. The zero-order valence-corrected chi connectivity index (χ0v) is 9.22. The first-order chi connectivity index (χ1) is 7.59. The summed E-state index contributed by atoms with van der Waals surface area (Å²) in [5.41, 5.74) is 6.58. The lowest BCUT2D eigenvalue weighted by Gasteiger charge is -2.18. The minimum absolute atomic E-state index is 0.0385. The number of nitro groups is 1. The van der Waals surface area contributed by atoms with Crippen molar-refractivity contribution >= 4 is 17.1 Å². The van der Waals surface area contributed by atoms with E-state index in [-0.39, 0.29) is 11.4 Å². The first kappa shape index (κ1) is 10.7. The molecule has 1 aromatic rings. The van der Waals surface area contributed by atoms with Crippen molar-refractivity contribution in [2.45, 2.75) is 13.3 Å². The maximum Gasteiger partial charge on any atom is 0.315 e. The summed E-state index contributed by atoms with van der Waals surface area (Å²) in [6.45, 7) is 3.88. The molecule has 1 unspecified atom stereocenters. The van der Waals surface area contributed by atoms with Crippen molar-refractivity contribution in [2.24, 2.45) is 5.92 Å². The Balaban J connectivity index is 2.40. The molecule has 5 heteroatoms. The third-order valence-corrected chi connectivity index (χ3v) is 2.99. The van der Waals surface area contributed by atoms with Crippen LogP contribution in [0.5, 0.6) is 0 Å². The van der Waals surface area contributed by atoms with E-state index in [0.717, 1.165) is 19.5 Å². The number of rotatable bonds is 2. The first-order valence-electron chi connectivity index (χ1n) is 5.37. The van der Waals surface area contributed by atoms with Crippen molar-refractivity contribution in [3.8, 4) is 0 Å². The molecule has 1 aliphatic heterocycles. The van der Waals surface area contributed by atoms with E-state index in [4.69, 9.17) is 5.73 Å². The molecule has 0 radical (unpaired) electrons. The van der Waals surface area contributed by atoms with Gasteiger partial charge in [0.05, 0.1) is 4.92 Å². The highest BCUT2D eigenvalue weighted by molar-refractivity contribution is 5.75. The minimum atomic E-state index is -0.395. The Kier molecular flexibility index (Phi) is 2.68. The number of benzene rings is 1. The molecule has 1 atom stereocenters. The van der Waals surface area contributed by atoms with Gasteiger partial charge in [0, 0.05) is 13.1 Å². The second kappa shape index (κ2) is 4.00. The van der Waals surface area contributed by atoms with Crippen molar-refractivity contribution < 1.29 is 4.92 Å². The molecule has 2 rings (SSSR count). The van der Waals surface area contributed by atoms with E-state index in [2.05, 4.69) is 6.92 Å². The van der Waals surface area contributed by atoms with Crippen LogP contribution in [0, 0.1) is 16.0 Å². The fraction of sp³-hybridized carbons (Fsp3) is 0.455. The zero-order valence-electron chi connectivity index (χ0n) is 9.22. The van der Waals surface area contributed by atoms with Gasteiger partial charge in [-0.25, -0.2) is 0 Å². The zero-order chi connectivity index (χ0) is 11.7. The number of hydrogen-bond donors (Lipinski definition) is 1. The lowest BCUT2D eigenvalue weighted by Crippen LogP contribution is -2.20. The van der Waals surface area contributed by atoms with Crippen LogP contribution in [0.2, 0.25) is 0 Å². The molecular weight excluding hydrogens is 206 g/mol. The van der Waals surface area contributed by atoms with Crippen LogP contribution in [-0.4, -0.2) is 18.0 Å². The van der Waals surface area contributed by atoms with Crippen molar-refractivity contribution in [2.75, 3.05) is 23.7 Å². The lowest BCUT2D eigenvalue weighted by atomic mass is 10.2. The van der Waals surface area contributed by atoms with Crippen molar-refractivity contribution in [3.05, 3.63) is 28.3 Å². The normalized spacial score (nSPS) is 20.1. The molecule has 1 saturated heterocycles. The number of hydrogen-bond acceptors (Lipinski definition) is 4. The van der Waals surface area contributed by atoms with Crippen LogP contribution in [0.25, 0.3) is 0 Å². The SMILES string of the molecule is CC1CCN(c2cccc(N)c2[N+](=O)[O-])C1. The topological polar surface area (TPSA) is 72.4 Å². The second-order valence-electron chi connectivity index (χ2n) is 4.31.